The summed E-state index contributed by atoms with van der Waals surface area (Å²) in [5, 5.41) is 0. The fraction of sp³-hybridized carbons (Fsp3) is 0.812. The second-order valence-corrected chi connectivity index (χ2v) is 12.6. The van der Waals surface area contributed by atoms with Crippen LogP contribution in [-0.2, 0) is 9.47 Å². The van der Waals surface area contributed by atoms with Crippen LogP contribution in [0.3, 0.4) is 0 Å². The van der Waals surface area contributed by atoms with Crippen LogP contribution < -0.4 is 9.47 Å². The van der Waals surface area contributed by atoms with Gasteiger partial charge in [0.05, 0.1) is 26.4 Å². The lowest BCUT2D eigenvalue weighted by Gasteiger charge is -2.37. The molecule has 5 rings (SSSR count). The fourth-order valence-corrected chi connectivity index (χ4v) is 7.61. The molecule has 1 aromatic rings. The van der Waals surface area contributed by atoms with E-state index in [1.165, 1.54) is 63.5 Å². The lowest BCUT2D eigenvalue weighted by Crippen LogP contribution is -2.28. The molecule has 0 bridgehead atoms. The van der Waals surface area contributed by atoms with Gasteiger partial charge in [-0.25, -0.2) is 0 Å². The van der Waals surface area contributed by atoms with Crippen molar-refractivity contribution >= 4 is 0 Å². The van der Waals surface area contributed by atoms with Gasteiger partial charge in [0.1, 0.15) is 0 Å². The van der Waals surface area contributed by atoms with Crippen LogP contribution in [0.2, 0.25) is 0 Å². The molecule has 1 heterocycles. The highest BCUT2D eigenvalue weighted by Gasteiger charge is 2.32. The highest BCUT2D eigenvalue weighted by molar-refractivity contribution is 5.35. The van der Waals surface area contributed by atoms with Gasteiger partial charge in [-0.05, 0) is 106 Å². The highest BCUT2D eigenvalue weighted by Crippen LogP contribution is 2.42. The Morgan fingerprint density at radius 2 is 1.05 bits per heavy atom. The van der Waals surface area contributed by atoms with Crippen LogP contribution in [0, 0.1) is 47.1 Å². The summed E-state index contributed by atoms with van der Waals surface area (Å²) in [5.74, 6) is 2.01. The maximum absolute atomic E-state index is 14.8. The SMILES string of the molecule is CCCC1CCC(C2CCC(COc3ccc(OCC4CCC(C5OCCO5)CC4)c(F)c3F)CC2)CC1. The molecule has 0 spiro atoms. The first-order valence-electron chi connectivity index (χ1n) is 15.6. The van der Waals surface area contributed by atoms with E-state index in [9.17, 15) is 8.78 Å². The molecule has 1 aliphatic heterocycles. The third kappa shape index (κ3) is 7.21. The summed E-state index contributed by atoms with van der Waals surface area (Å²) in [6.07, 6.45) is 17.1. The van der Waals surface area contributed by atoms with Gasteiger partial charge in [0.2, 0.25) is 11.6 Å². The summed E-state index contributed by atoms with van der Waals surface area (Å²) in [4.78, 5) is 0. The van der Waals surface area contributed by atoms with Crippen molar-refractivity contribution in [3.63, 3.8) is 0 Å². The van der Waals surface area contributed by atoms with E-state index in [0.717, 1.165) is 56.3 Å². The summed E-state index contributed by atoms with van der Waals surface area (Å²) in [5.41, 5.74) is 0. The molecule has 214 valence electrons. The van der Waals surface area contributed by atoms with Crippen LogP contribution >= 0.6 is 0 Å². The molecule has 1 aromatic carbocycles. The molecule has 0 aromatic heterocycles. The van der Waals surface area contributed by atoms with E-state index >= 15 is 0 Å². The average molecular weight is 535 g/mol. The number of rotatable bonds is 10. The Hall–Kier alpha value is -1.40. The molecule has 38 heavy (non-hydrogen) atoms. The highest BCUT2D eigenvalue weighted by atomic mass is 19.2. The minimum atomic E-state index is -0.939. The fourth-order valence-electron chi connectivity index (χ4n) is 7.61. The molecular formula is C32H48F2O4. The average Bonchev–Trinajstić information content (AvgIpc) is 3.50. The van der Waals surface area contributed by atoms with E-state index in [1.54, 1.807) is 0 Å². The smallest absolute Gasteiger partial charge is 0.204 e. The normalized spacial score (nSPS) is 32.8. The van der Waals surface area contributed by atoms with Gasteiger partial charge in [0, 0.05) is 5.92 Å². The maximum atomic E-state index is 14.8. The van der Waals surface area contributed by atoms with Crippen LogP contribution in [0.15, 0.2) is 12.1 Å². The Labute approximate surface area is 228 Å². The van der Waals surface area contributed by atoms with E-state index in [0.29, 0.717) is 44.2 Å². The van der Waals surface area contributed by atoms with Gasteiger partial charge in [-0.1, -0.05) is 32.6 Å². The van der Waals surface area contributed by atoms with E-state index in [2.05, 4.69) is 6.92 Å². The number of hydrogen-bond acceptors (Lipinski definition) is 4. The Balaban J connectivity index is 1.02. The molecule has 4 fully saturated rings. The van der Waals surface area contributed by atoms with Gasteiger partial charge >= 0.3 is 0 Å². The molecule has 0 radical (unpaired) electrons. The van der Waals surface area contributed by atoms with Crippen molar-refractivity contribution in [1.29, 1.82) is 0 Å². The Morgan fingerprint density at radius 1 is 0.632 bits per heavy atom. The molecule has 4 nitrogen and oxygen atoms in total. The van der Waals surface area contributed by atoms with Gasteiger partial charge in [0.25, 0.3) is 0 Å². The number of halogens is 2. The maximum Gasteiger partial charge on any atom is 0.204 e. The molecule has 4 aliphatic rings. The van der Waals surface area contributed by atoms with Crippen molar-refractivity contribution in [2.75, 3.05) is 26.4 Å². The van der Waals surface area contributed by atoms with Crippen LogP contribution in [0.4, 0.5) is 8.78 Å². The van der Waals surface area contributed by atoms with Crippen molar-refractivity contribution in [2.45, 2.75) is 103 Å². The first-order valence-corrected chi connectivity index (χ1v) is 15.6. The van der Waals surface area contributed by atoms with E-state index in [4.69, 9.17) is 18.9 Å². The summed E-state index contributed by atoms with van der Waals surface area (Å²) >= 11 is 0. The van der Waals surface area contributed by atoms with Crippen molar-refractivity contribution in [2.24, 2.45) is 35.5 Å². The Bertz CT molecular complexity index is 849. The minimum Gasteiger partial charge on any atom is -0.490 e. The first-order chi connectivity index (χ1) is 18.6. The standard InChI is InChI=1S/C32H48F2O4/c1-2-3-22-4-10-25(11-5-22)26-12-6-23(7-13-26)20-37-28-16-17-29(31(34)30(28)33)38-21-24-8-14-27(15-9-24)32-35-18-19-36-32/h16-17,22-27,32H,2-15,18-21H2,1H3. The molecule has 6 heteroatoms. The Morgan fingerprint density at radius 3 is 1.50 bits per heavy atom. The van der Waals surface area contributed by atoms with E-state index in [-0.39, 0.29) is 17.8 Å². The zero-order chi connectivity index (χ0) is 26.3. The summed E-state index contributed by atoms with van der Waals surface area (Å²) in [7, 11) is 0. The minimum absolute atomic E-state index is 0.00305. The molecule has 3 aliphatic carbocycles. The lowest BCUT2D eigenvalue weighted by molar-refractivity contribution is -0.0960. The van der Waals surface area contributed by atoms with E-state index < -0.39 is 11.6 Å². The van der Waals surface area contributed by atoms with Crippen molar-refractivity contribution < 1.29 is 27.7 Å². The van der Waals surface area contributed by atoms with Crippen LogP contribution in [0.25, 0.3) is 0 Å². The van der Waals surface area contributed by atoms with Gasteiger partial charge in [-0.2, -0.15) is 8.78 Å². The van der Waals surface area contributed by atoms with Crippen molar-refractivity contribution in [3.8, 4) is 11.5 Å². The number of benzene rings is 1. The molecular weight excluding hydrogens is 486 g/mol. The second-order valence-electron chi connectivity index (χ2n) is 12.6. The van der Waals surface area contributed by atoms with Crippen LogP contribution in [0.1, 0.15) is 96.8 Å². The number of ether oxygens (including phenoxy) is 4. The Kier molecular flexibility index (Phi) is 10.2. The van der Waals surface area contributed by atoms with Crippen LogP contribution in [0.5, 0.6) is 11.5 Å². The third-order valence-corrected chi connectivity index (χ3v) is 10.0. The van der Waals surface area contributed by atoms with Gasteiger partial charge in [-0.15, -0.1) is 0 Å². The monoisotopic (exact) mass is 534 g/mol. The van der Waals surface area contributed by atoms with Gasteiger partial charge in [0.15, 0.2) is 17.8 Å². The van der Waals surface area contributed by atoms with Gasteiger partial charge in [-0.3, -0.25) is 0 Å². The second kappa shape index (κ2) is 13.8. The quantitative estimate of drug-likeness (QED) is 0.302. The first kappa shape index (κ1) is 28.1. The predicted molar refractivity (Wildman–Crippen MR) is 144 cm³/mol. The van der Waals surface area contributed by atoms with Crippen molar-refractivity contribution in [3.05, 3.63) is 23.8 Å². The molecule has 0 amide bonds. The summed E-state index contributed by atoms with van der Waals surface area (Å²) in [6, 6.07) is 3.05. The molecule has 0 atom stereocenters. The largest absolute Gasteiger partial charge is 0.490 e. The lowest BCUT2D eigenvalue weighted by atomic mass is 9.69. The summed E-state index contributed by atoms with van der Waals surface area (Å²) < 4.78 is 52.4. The van der Waals surface area contributed by atoms with E-state index in [1.807, 2.05) is 0 Å². The molecule has 3 saturated carbocycles. The topological polar surface area (TPSA) is 36.9 Å². The van der Waals surface area contributed by atoms with Crippen molar-refractivity contribution in [1.82, 2.24) is 0 Å². The summed E-state index contributed by atoms with van der Waals surface area (Å²) in [6.45, 7) is 4.52. The zero-order valence-electron chi connectivity index (χ0n) is 23.3. The third-order valence-electron chi connectivity index (χ3n) is 10.0. The molecule has 1 saturated heterocycles. The van der Waals surface area contributed by atoms with Gasteiger partial charge < -0.3 is 18.9 Å². The zero-order valence-corrected chi connectivity index (χ0v) is 23.3. The predicted octanol–water partition coefficient (Wildman–Crippen LogP) is 8.31. The molecule has 0 N–H and O–H groups in total. The number of hydrogen-bond donors (Lipinski definition) is 0. The molecule has 0 unspecified atom stereocenters. The van der Waals surface area contributed by atoms with Crippen LogP contribution in [-0.4, -0.2) is 32.7 Å².